The number of methoxy groups -OCH3 is 1. The molecule has 11 heteroatoms. The van der Waals surface area contributed by atoms with Crippen molar-refractivity contribution in [2.24, 2.45) is 5.92 Å². The molecule has 228 valence electrons. The average molecular weight is 585 g/mol. The second-order valence-electron chi connectivity index (χ2n) is 12.3. The summed E-state index contributed by atoms with van der Waals surface area (Å²) in [4.78, 5) is 28.7. The van der Waals surface area contributed by atoms with Gasteiger partial charge in [0.05, 0.1) is 30.2 Å². The fourth-order valence-electron chi connectivity index (χ4n) is 7.31. The molecule has 1 N–H and O–H groups in total. The van der Waals surface area contributed by atoms with Crippen molar-refractivity contribution < 1.29 is 41.7 Å². The monoisotopic (exact) mass is 584 g/mol. The Hall–Kier alpha value is -2.40. The number of hydrogen-bond donors (Lipinski definition) is 1. The molecule has 2 saturated carbocycles. The van der Waals surface area contributed by atoms with Crippen molar-refractivity contribution in [2.45, 2.75) is 100 Å². The number of nitrogens with zero attached hydrogens (tertiary/aromatic N) is 2. The predicted molar refractivity (Wildman–Crippen MR) is 142 cm³/mol. The van der Waals surface area contributed by atoms with E-state index in [9.17, 15) is 27.9 Å². The van der Waals surface area contributed by atoms with E-state index in [4.69, 9.17) is 9.47 Å². The average Bonchev–Trinajstić information content (AvgIpc) is 3.69. The van der Waals surface area contributed by atoms with Gasteiger partial charge in [-0.05, 0) is 62.6 Å². The van der Waals surface area contributed by atoms with Gasteiger partial charge in [0.15, 0.2) is 0 Å². The molecular formula is C30H40F4N2O5. The molecule has 2 aliphatic heterocycles. The summed E-state index contributed by atoms with van der Waals surface area (Å²) in [5, 5.41) is 9.29. The molecule has 0 aromatic heterocycles. The van der Waals surface area contributed by atoms with Crippen LogP contribution in [0.25, 0.3) is 0 Å². The summed E-state index contributed by atoms with van der Waals surface area (Å²) >= 11 is 0. The quantitative estimate of drug-likeness (QED) is 0.412. The van der Waals surface area contributed by atoms with Crippen LogP contribution >= 0.6 is 0 Å². The fourth-order valence-corrected chi connectivity index (χ4v) is 7.31. The zero-order chi connectivity index (χ0) is 29.4. The maximum atomic E-state index is 16.2. The van der Waals surface area contributed by atoms with Gasteiger partial charge in [-0.15, -0.1) is 0 Å². The largest absolute Gasteiger partial charge is 0.490 e. The van der Waals surface area contributed by atoms with Crippen LogP contribution in [0, 0.1) is 5.92 Å². The number of hydrogen-bond acceptors (Lipinski definition) is 5. The van der Waals surface area contributed by atoms with Crippen LogP contribution in [0.1, 0.15) is 81.3 Å². The topological polar surface area (TPSA) is 79.3 Å². The van der Waals surface area contributed by atoms with E-state index in [2.05, 4.69) is 4.90 Å². The first-order valence-electron chi connectivity index (χ1n) is 14.8. The van der Waals surface area contributed by atoms with Gasteiger partial charge in [-0.3, -0.25) is 14.5 Å². The Morgan fingerprint density at radius 2 is 1.80 bits per heavy atom. The van der Waals surface area contributed by atoms with E-state index in [1.54, 1.807) is 0 Å². The summed E-state index contributed by atoms with van der Waals surface area (Å²) in [5.41, 5.74) is -2.29. The summed E-state index contributed by atoms with van der Waals surface area (Å²) in [6.07, 6.45) is 1.51. The van der Waals surface area contributed by atoms with E-state index in [1.807, 2.05) is 0 Å². The van der Waals surface area contributed by atoms with Gasteiger partial charge in [-0.2, -0.15) is 13.2 Å². The van der Waals surface area contributed by atoms with Crippen LogP contribution in [0.2, 0.25) is 0 Å². The number of rotatable bonds is 8. The van der Waals surface area contributed by atoms with Crippen molar-refractivity contribution in [3.63, 3.8) is 0 Å². The maximum Gasteiger partial charge on any atom is 0.416 e. The molecule has 4 aliphatic rings. The third-order valence-electron chi connectivity index (χ3n) is 9.61. The molecule has 1 aromatic rings. The van der Waals surface area contributed by atoms with Crippen LogP contribution in [-0.2, 0) is 20.5 Å². The second kappa shape index (κ2) is 12.1. The molecule has 2 saturated heterocycles. The summed E-state index contributed by atoms with van der Waals surface area (Å²) in [5.74, 6) is -2.18. The lowest BCUT2D eigenvalue weighted by atomic mass is 9.87. The van der Waals surface area contributed by atoms with Crippen molar-refractivity contribution in [1.29, 1.82) is 0 Å². The van der Waals surface area contributed by atoms with E-state index in [1.165, 1.54) is 18.1 Å². The molecule has 41 heavy (non-hydrogen) atoms. The first-order valence-corrected chi connectivity index (χ1v) is 14.8. The highest BCUT2D eigenvalue weighted by atomic mass is 19.4. The minimum atomic E-state index is -4.57. The molecule has 3 atom stereocenters. The normalized spacial score (nSPS) is 31.6. The molecule has 2 aliphatic carbocycles. The van der Waals surface area contributed by atoms with Gasteiger partial charge in [0.25, 0.3) is 5.91 Å². The number of ether oxygens (including phenoxy) is 2. The van der Waals surface area contributed by atoms with Gasteiger partial charge in [-0.1, -0.05) is 18.9 Å². The highest BCUT2D eigenvalue weighted by Gasteiger charge is 2.52. The molecule has 0 bridgehead atoms. The lowest BCUT2D eigenvalue weighted by Gasteiger charge is -2.31. The number of halogens is 4. The number of carboxylic acid groups (broad SMARTS) is 1. The van der Waals surface area contributed by atoms with Crippen molar-refractivity contribution >= 4 is 11.9 Å². The van der Waals surface area contributed by atoms with Gasteiger partial charge in [-0.25, -0.2) is 4.39 Å². The van der Waals surface area contributed by atoms with E-state index in [0.29, 0.717) is 50.3 Å². The van der Waals surface area contributed by atoms with Crippen molar-refractivity contribution in [3.05, 3.63) is 29.3 Å². The van der Waals surface area contributed by atoms with Crippen molar-refractivity contribution in [2.75, 3.05) is 33.4 Å². The lowest BCUT2D eigenvalue weighted by Crippen LogP contribution is -2.51. The maximum absolute atomic E-state index is 16.2. The second-order valence-corrected chi connectivity index (χ2v) is 12.3. The number of benzene rings is 1. The summed E-state index contributed by atoms with van der Waals surface area (Å²) in [6, 6.07) is 3.34. The van der Waals surface area contributed by atoms with E-state index in [0.717, 1.165) is 37.8 Å². The smallest absolute Gasteiger partial charge is 0.416 e. The van der Waals surface area contributed by atoms with E-state index >= 15 is 4.39 Å². The summed E-state index contributed by atoms with van der Waals surface area (Å²) < 4.78 is 68.7. The molecule has 0 radical (unpaired) electrons. The van der Waals surface area contributed by atoms with Gasteiger partial charge in [0.2, 0.25) is 5.67 Å². The van der Waals surface area contributed by atoms with Gasteiger partial charge in [0.1, 0.15) is 5.75 Å². The van der Waals surface area contributed by atoms with Crippen molar-refractivity contribution in [3.8, 4) is 5.75 Å². The van der Waals surface area contributed by atoms with Gasteiger partial charge in [0, 0.05) is 45.1 Å². The molecular weight excluding hydrogens is 544 g/mol. The van der Waals surface area contributed by atoms with E-state index in [-0.39, 0.29) is 37.8 Å². The Balaban J connectivity index is 1.35. The SMILES string of the molecule is COC[C@@H]1C[C@@H](c2ccc(C(F)(F)F)cc2O[C@H]2CC[C@H](C(=O)O)CC2)CN1C(=O)[C@@]1(F)CCN(C2CCCC2)C1. The predicted octanol–water partition coefficient (Wildman–Crippen LogP) is 5.42. The molecule has 1 aromatic carbocycles. The minimum absolute atomic E-state index is 0.0744. The lowest BCUT2D eigenvalue weighted by molar-refractivity contribution is -0.145. The number of carboxylic acids is 1. The van der Waals surface area contributed by atoms with Crippen LogP contribution in [0.4, 0.5) is 17.6 Å². The Morgan fingerprint density at radius 3 is 2.44 bits per heavy atom. The molecule has 4 fully saturated rings. The van der Waals surface area contributed by atoms with Crippen LogP contribution in [0.5, 0.6) is 5.75 Å². The van der Waals surface area contributed by atoms with Gasteiger partial charge >= 0.3 is 12.1 Å². The van der Waals surface area contributed by atoms with Crippen LogP contribution in [0.15, 0.2) is 18.2 Å². The first kappa shape index (κ1) is 30.1. The Bertz CT molecular complexity index is 1100. The zero-order valence-corrected chi connectivity index (χ0v) is 23.5. The molecule has 0 spiro atoms. The number of likely N-dealkylation sites (tertiary alicyclic amines) is 2. The van der Waals surface area contributed by atoms with Crippen LogP contribution in [0.3, 0.4) is 0 Å². The minimum Gasteiger partial charge on any atom is -0.490 e. The Morgan fingerprint density at radius 1 is 1.10 bits per heavy atom. The third kappa shape index (κ3) is 6.50. The fraction of sp³-hybridized carbons (Fsp3) is 0.733. The molecule has 7 nitrogen and oxygen atoms in total. The Kier molecular flexibility index (Phi) is 8.85. The van der Waals surface area contributed by atoms with E-state index < -0.39 is 47.3 Å². The number of aliphatic carboxylic acids is 1. The standard InChI is InChI=1S/C30H40F4N2O5/c1-40-17-23-14-20(16-36(23)28(39)29(31)12-13-35(18-29)22-4-2-3-5-22)25-11-8-21(30(32,33)34)15-26(25)41-24-9-6-19(7-10-24)27(37)38/h8,11,15,19-20,22-24H,2-7,9-10,12-14,16-18H2,1H3,(H,37,38)/t19-,20-,23+,24-,29-/m1/s1. The molecule has 0 unspecified atom stereocenters. The van der Waals surface area contributed by atoms with Crippen LogP contribution < -0.4 is 4.74 Å². The number of alkyl halides is 4. The van der Waals surface area contributed by atoms with Crippen molar-refractivity contribution in [1.82, 2.24) is 9.80 Å². The zero-order valence-electron chi connectivity index (χ0n) is 23.5. The third-order valence-corrected chi connectivity index (χ3v) is 9.61. The molecule has 2 heterocycles. The highest BCUT2D eigenvalue weighted by molar-refractivity contribution is 5.86. The van der Waals surface area contributed by atoms with Crippen LogP contribution in [-0.4, -0.2) is 84.0 Å². The summed E-state index contributed by atoms with van der Waals surface area (Å²) in [7, 11) is 1.51. The molecule has 5 rings (SSSR count). The first-order chi connectivity index (χ1) is 19.5. The van der Waals surface area contributed by atoms with Gasteiger partial charge < -0.3 is 19.5 Å². The summed E-state index contributed by atoms with van der Waals surface area (Å²) in [6.45, 7) is 0.973. The highest BCUT2D eigenvalue weighted by Crippen LogP contribution is 2.43. The number of amides is 1. The Labute approximate surface area is 238 Å². The number of carbonyl (C=O) groups excluding carboxylic acids is 1. The molecule has 1 amide bonds. The number of carbonyl (C=O) groups is 2.